The van der Waals surface area contributed by atoms with Gasteiger partial charge in [0, 0.05) is 18.6 Å². The standard InChI is InChI=1S/C15H26N2S/c18-15(16-13-8-3-4-9-13)17-11-5-10-14(17)12-6-1-2-7-12/h12-14H,1-11H2,(H,16,18). The molecule has 3 fully saturated rings. The molecule has 2 saturated carbocycles. The van der Waals surface area contributed by atoms with E-state index in [0.717, 1.165) is 17.1 Å². The van der Waals surface area contributed by atoms with Crippen molar-refractivity contribution < 1.29 is 0 Å². The lowest BCUT2D eigenvalue weighted by molar-refractivity contribution is 0.276. The van der Waals surface area contributed by atoms with Gasteiger partial charge in [0.2, 0.25) is 0 Å². The first kappa shape index (κ1) is 12.7. The van der Waals surface area contributed by atoms with Gasteiger partial charge < -0.3 is 10.2 Å². The molecule has 0 amide bonds. The zero-order chi connectivity index (χ0) is 12.4. The Hall–Kier alpha value is -0.310. The zero-order valence-electron chi connectivity index (χ0n) is 11.4. The third-order valence-electron chi connectivity index (χ3n) is 5.19. The maximum absolute atomic E-state index is 5.68. The molecule has 0 spiro atoms. The van der Waals surface area contributed by atoms with E-state index in [2.05, 4.69) is 10.2 Å². The lowest BCUT2D eigenvalue weighted by atomic mass is 9.96. The monoisotopic (exact) mass is 266 g/mol. The second-order valence-electron chi connectivity index (χ2n) is 6.38. The van der Waals surface area contributed by atoms with Gasteiger partial charge in [-0.25, -0.2) is 0 Å². The van der Waals surface area contributed by atoms with E-state index in [1.54, 1.807) is 0 Å². The van der Waals surface area contributed by atoms with Gasteiger partial charge in [0.1, 0.15) is 0 Å². The topological polar surface area (TPSA) is 15.3 Å². The molecule has 1 N–H and O–H groups in total. The summed E-state index contributed by atoms with van der Waals surface area (Å²) >= 11 is 5.68. The fraction of sp³-hybridized carbons (Fsp3) is 0.933. The van der Waals surface area contributed by atoms with Crippen LogP contribution in [-0.2, 0) is 0 Å². The molecule has 0 aromatic heterocycles. The summed E-state index contributed by atoms with van der Waals surface area (Å²) in [6, 6.07) is 1.43. The third kappa shape index (κ3) is 2.66. The first-order chi connectivity index (χ1) is 8.84. The van der Waals surface area contributed by atoms with Crippen molar-refractivity contribution in [2.24, 2.45) is 5.92 Å². The Morgan fingerprint density at radius 2 is 1.56 bits per heavy atom. The van der Waals surface area contributed by atoms with Crippen molar-refractivity contribution in [2.45, 2.75) is 76.3 Å². The van der Waals surface area contributed by atoms with Crippen LogP contribution in [0.3, 0.4) is 0 Å². The second-order valence-corrected chi connectivity index (χ2v) is 6.77. The predicted molar refractivity (Wildman–Crippen MR) is 79.7 cm³/mol. The molecule has 1 aliphatic heterocycles. The Labute approximate surface area is 116 Å². The van der Waals surface area contributed by atoms with E-state index in [4.69, 9.17) is 12.2 Å². The van der Waals surface area contributed by atoms with Crippen molar-refractivity contribution in [1.82, 2.24) is 10.2 Å². The molecule has 3 heteroatoms. The lowest BCUT2D eigenvalue weighted by Gasteiger charge is -2.33. The molecule has 1 unspecified atom stereocenters. The van der Waals surface area contributed by atoms with Gasteiger partial charge in [-0.2, -0.15) is 0 Å². The minimum Gasteiger partial charge on any atom is -0.360 e. The molecule has 0 bridgehead atoms. The van der Waals surface area contributed by atoms with Crippen LogP contribution < -0.4 is 5.32 Å². The molecule has 18 heavy (non-hydrogen) atoms. The molecular formula is C15H26N2S. The molecule has 2 nitrogen and oxygen atoms in total. The predicted octanol–water partition coefficient (Wildman–Crippen LogP) is 3.46. The summed E-state index contributed by atoms with van der Waals surface area (Å²) in [5, 5.41) is 4.70. The summed E-state index contributed by atoms with van der Waals surface area (Å²) in [5.41, 5.74) is 0. The fourth-order valence-electron chi connectivity index (χ4n) is 4.20. The largest absolute Gasteiger partial charge is 0.360 e. The molecular weight excluding hydrogens is 240 g/mol. The summed E-state index contributed by atoms with van der Waals surface area (Å²) in [6.07, 6.45) is 13.9. The number of nitrogens with zero attached hydrogens (tertiary/aromatic N) is 1. The number of likely N-dealkylation sites (tertiary alicyclic amines) is 1. The molecule has 3 rings (SSSR count). The molecule has 1 saturated heterocycles. The summed E-state index contributed by atoms with van der Waals surface area (Å²) < 4.78 is 0. The zero-order valence-corrected chi connectivity index (χ0v) is 12.2. The van der Waals surface area contributed by atoms with Gasteiger partial charge in [-0.15, -0.1) is 0 Å². The highest BCUT2D eigenvalue weighted by Crippen LogP contribution is 2.35. The average Bonchev–Trinajstić information content (AvgIpc) is 3.11. The highest BCUT2D eigenvalue weighted by atomic mass is 32.1. The first-order valence-electron chi connectivity index (χ1n) is 7.92. The van der Waals surface area contributed by atoms with E-state index in [0.29, 0.717) is 6.04 Å². The molecule has 0 aromatic rings. The lowest BCUT2D eigenvalue weighted by Crippen LogP contribution is -2.47. The summed E-state index contributed by atoms with van der Waals surface area (Å²) in [7, 11) is 0. The second kappa shape index (κ2) is 5.77. The Kier molecular flexibility index (Phi) is 4.07. The third-order valence-corrected chi connectivity index (χ3v) is 5.54. The van der Waals surface area contributed by atoms with Crippen molar-refractivity contribution >= 4 is 17.3 Å². The Balaban J connectivity index is 1.57. The van der Waals surface area contributed by atoms with Crippen LogP contribution >= 0.6 is 12.2 Å². The van der Waals surface area contributed by atoms with E-state index in [-0.39, 0.29) is 0 Å². The molecule has 1 heterocycles. The molecule has 0 radical (unpaired) electrons. The van der Waals surface area contributed by atoms with Crippen LogP contribution in [0.15, 0.2) is 0 Å². The van der Waals surface area contributed by atoms with Crippen LogP contribution in [0.1, 0.15) is 64.2 Å². The number of rotatable bonds is 2. The van der Waals surface area contributed by atoms with E-state index >= 15 is 0 Å². The minimum atomic E-state index is 0.669. The minimum absolute atomic E-state index is 0.669. The van der Waals surface area contributed by atoms with Gasteiger partial charge >= 0.3 is 0 Å². The maximum Gasteiger partial charge on any atom is 0.169 e. The Morgan fingerprint density at radius 1 is 0.889 bits per heavy atom. The molecule has 102 valence electrons. The quantitative estimate of drug-likeness (QED) is 0.771. The average molecular weight is 266 g/mol. The van der Waals surface area contributed by atoms with E-state index in [1.807, 2.05) is 0 Å². The van der Waals surface area contributed by atoms with Crippen LogP contribution in [0.5, 0.6) is 0 Å². The first-order valence-corrected chi connectivity index (χ1v) is 8.32. The van der Waals surface area contributed by atoms with Crippen molar-refractivity contribution in [3.05, 3.63) is 0 Å². The molecule has 1 atom stereocenters. The van der Waals surface area contributed by atoms with Crippen molar-refractivity contribution in [2.75, 3.05) is 6.54 Å². The SMILES string of the molecule is S=C(NC1CCCC1)N1CCCC1C1CCCC1. The van der Waals surface area contributed by atoms with Crippen molar-refractivity contribution in [3.8, 4) is 0 Å². The number of nitrogens with one attached hydrogen (secondary N) is 1. The summed E-state index contributed by atoms with van der Waals surface area (Å²) in [4.78, 5) is 2.53. The smallest absolute Gasteiger partial charge is 0.169 e. The Morgan fingerprint density at radius 3 is 2.28 bits per heavy atom. The van der Waals surface area contributed by atoms with Crippen molar-refractivity contribution in [3.63, 3.8) is 0 Å². The van der Waals surface area contributed by atoms with Gasteiger partial charge in [-0.05, 0) is 56.7 Å². The van der Waals surface area contributed by atoms with Gasteiger partial charge in [0.15, 0.2) is 5.11 Å². The molecule has 2 aliphatic carbocycles. The van der Waals surface area contributed by atoms with Crippen LogP contribution in [0.2, 0.25) is 0 Å². The fourth-order valence-corrected chi connectivity index (χ4v) is 4.60. The molecule has 3 aliphatic rings. The van der Waals surface area contributed by atoms with E-state index in [9.17, 15) is 0 Å². The van der Waals surface area contributed by atoms with Crippen LogP contribution in [-0.4, -0.2) is 28.6 Å². The van der Waals surface area contributed by atoms with E-state index in [1.165, 1.54) is 70.8 Å². The van der Waals surface area contributed by atoms with Crippen LogP contribution in [0.25, 0.3) is 0 Å². The number of thiocarbonyl (C=S) groups is 1. The highest BCUT2D eigenvalue weighted by Gasteiger charge is 2.35. The van der Waals surface area contributed by atoms with Gasteiger partial charge in [0.05, 0.1) is 0 Å². The Bertz CT molecular complexity index is 293. The van der Waals surface area contributed by atoms with E-state index < -0.39 is 0 Å². The van der Waals surface area contributed by atoms with Gasteiger partial charge in [0.25, 0.3) is 0 Å². The normalized spacial score (nSPS) is 30.2. The number of hydrogen-bond donors (Lipinski definition) is 1. The number of hydrogen-bond acceptors (Lipinski definition) is 1. The van der Waals surface area contributed by atoms with Gasteiger partial charge in [-0.3, -0.25) is 0 Å². The highest BCUT2D eigenvalue weighted by molar-refractivity contribution is 7.80. The molecule has 0 aromatic carbocycles. The summed E-state index contributed by atoms with van der Waals surface area (Å²) in [6.45, 7) is 1.19. The van der Waals surface area contributed by atoms with Crippen molar-refractivity contribution in [1.29, 1.82) is 0 Å². The van der Waals surface area contributed by atoms with Gasteiger partial charge in [-0.1, -0.05) is 25.7 Å². The summed E-state index contributed by atoms with van der Waals surface area (Å²) in [5.74, 6) is 0.927. The maximum atomic E-state index is 5.68. The van der Waals surface area contributed by atoms with Crippen LogP contribution in [0.4, 0.5) is 0 Å². The van der Waals surface area contributed by atoms with Crippen LogP contribution in [0, 0.1) is 5.92 Å².